The monoisotopic (exact) mass is 238 g/mol. The number of likely N-dealkylation sites (tertiary alicyclic amines) is 1. The molecule has 0 radical (unpaired) electrons. The fraction of sp³-hybridized carbons (Fsp3) is 1.00. The maximum atomic E-state index is 6.18. The van der Waals surface area contributed by atoms with Gasteiger partial charge in [0.15, 0.2) is 0 Å². The number of rotatable bonds is 2. The summed E-state index contributed by atoms with van der Waals surface area (Å²) in [5, 5.41) is 0. The van der Waals surface area contributed by atoms with Crippen LogP contribution in [0.1, 0.15) is 52.9 Å². The van der Waals surface area contributed by atoms with E-state index in [0.29, 0.717) is 5.54 Å². The molecule has 1 saturated heterocycles. The quantitative estimate of drug-likeness (QED) is 0.801. The molecule has 2 N–H and O–H groups in total. The molecule has 1 saturated carbocycles. The second-order valence-electron chi connectivity index (χ2n) is 6.82. The Morgan fingerprint density at radius 2 is 1.94 bits per heavy atom. The van der Waals surface area contributed by atoms with Crippen molar-refractivity contribution in [3.63, 3.8) is 0 Å². The zero-order valence-electron chi connectivity index (χ0n) is 11.9. The molecule has 4 unspecified atom stereocenters. The Morgan fingerprint density at radius 3 is 2.53 bits per heavy atom. The molecule has 1 aliphatic carbocycles. The van der Waals surface area contributed by atoms with Crippen molar-refractivity contribution in [2.45, 2.75) is 58.4 Å². The standard InChI is InChI=1S/C15H30N2/c1-12-5-4-8-17(10-12)15(11-16)7-6-13(2)14(3)9-15/h12-14H,4-11,16H2,1-3H3. The fourth-order valence-corrected chi connectivity index (χ4v) is 3.91. The number of hydrogen-bond acceptors (Lipinski definition) is 2. The van der Waals surface area contributed by atoms with Crippen LogP contribution in [0.5, 0.6) is 0 Å². The molecule has 0 aromatic rings. The largest absolute Gasteiger partial charge is 0.329 e. The van der Waals surface area contributed by atoms with Crippen LogP contribution in [0.4, 0.5) is 0 Å². The fourth-order valence-electron chi connectivity index (χ4n) is 3.91. The third kappa shape index (κ3) is 2.68. The van der Waals surface area contributed by atoms with E-state index in [2.05, 4.69) is 25.7 Å². The Hall–Kier alpha value is -0.0800. The Morgan fingerprint density at radius 1 is 1.18 bits per heavy atom. The lowest BCUT2D eigenvalue weighted by molar-refractivity contribution is -0.00391. The molecule has 0 spiro atoms. The summed E-state index contributed by atoms with van der Waals surface area (Å²) in [4.78, 5) is 2.74. The number of nitrogens with two attached hydrogens (primary N) is 1. The Kier molecular flexibility index (Phi) is 4.14. The molecule has 0 aromatic heterocycles. The lowest BCUT2D eigenvalue weighted by Crippen LogP contribution is -2.59. The Balaban J connectivity index is 2.08. The van der Waals surface area contributed by atoms with Gasteiger partial charge in [0.25, 0.3) is 0 Å². The minimum Gasteiger partial charge on any atom is -0.329 e. The maximum Gasteiger partial charge on any atom is 0.0334 e. The molecule has 17 heavy (non-hydrogen) atoms. The molecule has 0 bridgehead atoms. The lowest BCUT2D eigenvalue weighted by Gasteiger charge is -2.51. The molecular weight excluding hydrogens is 208 g/mol. The zero-order valence-corrected chi connectivity index (χ0v) is 11.9. The highest BCUT2D eigenvalue weighted by Gasteiger charge is 2.42. The highest BCUT2D eigenvalue weighted by molar-refractivity contribution is 4.98. The van der Waals surface area contributed by atoms with Crippen LogP contribution in [-0.2, 0) is 0 Å². The van der Waals surface area contributed by atoms with Crippen LogP contribution in [0.2, 0.25) is 0 Å². The number of piperidine rings is 1. The second-order valence-corrected chi connectivity index (χ2v) is 6.82. The van der Waals surface area contributed by atoms with Gasteiger partial charge in [-0.25, -0.2) is 0 Å². The number of hydrogen-bond donors (Lipinski definition) is 1. The molecule has 2 fully saturated rings. The van der Waals surface area contributed by atoms with Gasteiger partial charge in [-0.3, -0.25) is 4.90 Å². The summed E-state index contributed by atoms with van der Waals surface area (Å²) in [6.07, 6.45) is 6.78. The second kappa shape index (κ2) is 5.27. The topological polar surface area (TPSA) is 29.3 Å². The van der Waals surface area contributed by atoms with E-state index in [1.807, 2.05) is 0 Å². The van der Waals surface area contributed by atoms with Gasteiger partial charge in [0, 0.05) is 18.6 Å². The first kappa shape index (κ1) is 13.4. The average Bonchev–Trinajstić information content (AvgIpc) is 2.33. The van der Waals surface area contributed by atoms with E-state index in [9.17, 15) is 0 Å². The molecular formula is C15H30N2. The average molecular weight is 238 g/mol. The van der Waals surface area contributed by atoms with Gasteiger partial charge in [-0.1, -0.05) is 20.8 Å². The van der Waals surface area contributed by atoms with Crippen molar-refractivity contribution in [3.05, 3.63) is 0 Å². The van der Waals surface area contributed by atoms with Crippen LogP contribution in [0, 0.1) is 17.8 Å². The highest BCUT2D eigenvalue weighted by Crippen LogP contribution is 2.40. The SMILES string of the molecule is CC1CCCN(C2(CN)CCC(C)C(C)C2)C1. The summed E-state index contributed by atoms with van der Waals surface area (Å²) in [5.74, 6) is 2.59. The van der Waals surface area contributed by atoms with Crippen LogP contribution in [-0.4, -0.2) is 30.1 Å². The lowest BCUT2D eigenvalue weighted by atomic mass is 9.69. The first-order chi connectivity index (χ1) is 8.07. The molecule has 2 heteroatoms. The van der Waals surface area contributed by atoms with Crippen molar-refractivity contribution in [1.82, 2.24) is 4.90 Å². The molecule has 2 aliphatic rings. The first-order valence-corrected chi connectivity index (χ1v) is 7.52. The van der Waals surface area contributed by atoms with Crippen LogP contribution < -0.4 is 5.73 Å². The molecule has 2 rings (SSSR count). The van der Waals surface area contributed by atoms with Gasteiger partial charge in [0.05, 0.1) is 0 Å². The van der Waals surface area contributed by atoms with E-state index in [4.69, 9.17) is 5.73 Å². The third-order valence-corrected chi connectivity index (χ3v) is 5.45. The summed E-state index contributed by atoms with van der Waals surface area (Å²) in [6.45, 7) is 10.6. The first-order valence-electron chi connectivity index (χ1n) is 7.52. The van der Waals surface area contributed by atoms with Crippen molar-refractivity contribution in [1.29, 1.82) is 0 Å². The molecule has 0 aromatic carbocycles. The van der Waals surface area contributed by atoms with Crippen molar-refractivity contribution in [2.75, 3.05) is 19.6 Å². The molecule has 1 aliphatic heterocycles. The van der Waals surface area contributed by atoms with Gasteiger partial charge in [-0.15, -0.1) is 0 Å². The van der Waals surface area contributed by atoms with Crippen molar-refractivity contribution >= 4 is 0 Å². The maximum absolute atomic E-state index is 6.18. The Bertz CT molecular complexity index is 253. The van der Waals surface area contributed by atoms with E-state index in [-0.39, 0.29) is 0 Å². The van der Waals surface area contributed by atoms with Crippen LogP contribution in [0.3, 0.4) is 0 Å². The van der Waals surface area contributed by atoms with Crippen LogP contribution in [0.15, 0.2) is 0 Å². The van der Waals surface area contributed by atoms with E-state index < -0.39 is 0 Å². The van der Waals surface area contributed by atoms with E-state index in [0.717, 1.165) is 24.3 Å². The van der Waals surface area contributed by atoms with E-state index in [1.165, 1.54) is 45.2 Å². The summed E-state index contributed by atoms with van der Waals surface area (Å²) in [6, 6.07) is 0. The van der Waals surface area contributed by atoms with Gasteiger partial charge >= 0.3 is 0 Å². The van der Waals surface area contributed by atoms with Gasteiger partial charge in [0.1, 0.15) is 0 Å². The van der Waals surface area contributed by atoms with Crippen molar-refractivity contribution < 1.29 is 0 Å². The predicted molar refractivity (Wildman–Crippen MR) is 73.9 cm³/mol. The summed E-state index contributed by atoms with van der Waals surface area (Å²) in [5.41, 5.74) is 6.51. The minimum absolute atomic E-state index is 0.334. The zero-order chi connectivity index (χ0) is 12.5. The summed E-state index contributed by atoms with van der Waals surface area (Å²) in [7, 11) is 0. The van der Waals surface area contributed by atoms with Crippen LogP contribution >= 0.6 is 0 Å². The van der Waals surface area contributed by atoms with Gasteiger partial charge in [0.2, 0.25) is 0 Å². The third-order valence-electron chi connectivity index (χ3n) is 5.45. The molecule has 4 atom stereocenters. The summed E-state index contributed by atoms with van der Waals surface area (Å²) >= 11 is 0. The molecule has 0 amide bonds. The normalized spacial score (nSPS) is 44.8. The van der Waals surface area contributed by atoms with Gasteiger partial charge < -0.3 is 5.73 Å². The van der Waals surface area contributed by atoms with Crippen molar-refractivity contribution in [2.24, 2.45) is 23.5 Å². The van der Waals surface area contributed by atoms with Crippen molar-refractivity contribution in [3.8, 4) is 0 Å². The van der Waals surface area contributed by atoms with Crippen LogP contribution in [0.25, 0.3) is 0 Å². The Labute approximate surface area is 107 Å². The smallest absolute Gasteiger partial charge is 0.0334 e. The highest BCUT2D eigenvalue weighted by atomic mass is 15.2. The van der Waals surface area contributed by atoms with E-state index in [1.54, 1.807) is 0 Å². The molecule has 2 nitrogen and oxygen atoms in total. The summed E-state index contributed by atoms with van der Waals surface area (Å²) < 4.78 is 0. The minimum atomic E-state index is 0.334. The molecule has 100 valence electrons. The van der Waals surface area contributed by atoms with E-state index >= 15 is 0 Å². The predicted octanol–water partition coefficient (Wildman–Crippen LogP) is 2.87. The number of nitrogens with zero attached hydrogens (tertiary/aromatic N) is 1. The molecule has 1 heterocycles. The van der Waals surface area contributed by atoms with Gasteiger partial charge in [-0.2, -0.15) is 0 Å². The van der Waals surface area contributed by atoms with Gasteiger partial charge in [-0.05, 0) is 56.4 Å².